The van der Waals surface area contributed by atoms with Crippen LogP contribution in [-0.4, -0.2) is 32.3 Å². The van der Waals surface area contributed by atoms with E-state index in [1.165, 1.54) is 19.3 Å². The Morgan fingerprint density at radius 1 is 0.920 bits per heavy atom. The van der Waals surface area contributed by atoms with Crippen LogP contribution in [0.25, 0.3) is 11.1 Å². The molecule has 4 bridgehead atoms. The molecule has 3 aromatic carbocycles. The number of carbonyl (C=O) groups is 1. The zero-order valence-corrected chi connectivity index (χ0v) is 29.7. The number of hydrogen-bond acceptors (Lipinski definition) is 5. The number of aliphatic hydroxyl groups is 1. The van der Waals surface area contributed by atoms with Crippen molar-refractivity contribution in [3.63, 3.8) is 0 Å². The van der Waals surface area contributed by atoms with E-state index in [0.29, 0.717) is 18.2 Å². The lowest BCUT2D eigenvalue weighted by molar-refractivity contribution is -0.276. The Morgan fingerprint density at radius 3 is 2.22 bits per heavy atom. The maximum atomic E-state index is 13.2. The van der Waals surface area contributed by atoms with Crippen molar-refractivity contribution >= 4 is 29.2 Å². The highest BCUT2D eigenvalue weighted by atomic mass is 35.5. The lowest BCUT2D eigenvalue weighted by atomic mass is 9.53. The molecule has 8 nitrogen and oxygen atoms in total. The second-order valence-corrected chi connectivity index (χ2v) is 15.8. The van der Waals surface area contributed by atoms with Crippen molar-refractivity contribution in [2.45, 2.75) is 89.2 Å². The highest BCUT2D eigenvalue weighted by molar-refractivity contribution is 6.40. The van der Waals surface area contributed by atoms with Gasteiger partial charge in [-0.3, -0.25) is 0 Å². The van der Waals surface area contributed by atoms with Gasteiger partial charge in [-0.1, -0.05) is 103 Å². The third-order valence-corrected chi connectivity index (χ3v) is 12.4. The molecule has 5 aliphatic rings. The lowest BCUT2D eigenvalue weighted by Crippen LogP contribution is -2.61. The normalized spacial score (nSPS) is 30.0. The minimum Gasteiger partial charge on any atom is -0.392 e. The van der Waals surface area contributed by atoms with Crippen LogP contribution in [-0.2, 0) is 29.2 Å². The summed E-state index contributed by atoms with van der Waals surface area (Å²) < 4.78 is 15.1. The van der Waals surface area contributed by atoms with Gasteiger partial charge < -0.3 is 29.8 Å². The van der Waals surface area contributed by atoms with E-state index in [-0.39, 0.29) is 41.5 Å². The molecule has 0 spiro atoms. The molecule has 5 fully saturated rings. The van der Waals surface area contributed by atoms with Gasteiger partial charge in [0.15, 0.2) is 11.4 Å². The van der Waals surface area contributed by atoms with Gasteiger partial charge in [0.2, 0.25) is 0 Å². The first kappa shape index (κ1) is 33.7. The molecule has 262 valence electrons. The number of ether oxygens (including phenoxy) is 2. The average molecular weight is 716 g/mol. The first-order valence-corrected chi connectivity index (χ1v) is 18.6. The summed E-state index contributed by atoms with van der Waals surface area (Å²) in [7, 11) is 0. The summed E-state index contributed by atoms with van der Waals surface area (Å²) in [5.74, 6) is 2.31. The molecule has 0 unspecified atom stereocenters. The Morgan fingerprint density at radius 2 is 1.58 bits per heavy atom. The van der Waals surface area contributed by atoms with Gasteiger partial charge >= 0.3 is 6.03 Å². The molecule has 4 aromatic rings. The van der Waals surface area contributed by atoms with Crippen LogP contribution in [0, 0.1) is 23.7 Å². The number of carbonyl (C=O) groups excluding carboxylic acids is 1. The predicted molar refractivity (Wildman–Crippen MR) is 193 cm³/mol. The number of rotatable bonds is 9. The fourth-order valence-corrected chi connectivity index (χ4v) is 9.81. The molecule has 4 atom stereocenters. The van der Waals surface area contributed by atoms with Gasteiger partial charge in [-0.15, -0.1) is 0 Å². The molecule has 9 rings (SSSR count). The van der Waals surface area contributed by atoms with Crippen molar-refractivity contribution in [2.75, 3.05) is 0 Å². The molecule has 50 heavy (non-hydrogen) atoms. The molecule has 1 aromatic heterocycles. The van der Waals surface area contributed by atoms with E-state index in [2.05, 4.69) is 46.8 Å². The van der Waals surface area contributed by atoms with Crippen LogP contribution in [0.3, 0.4) is 0 Å². The molecule has 3 N–H and O–H groups in total. The van der Waals surface area contributed by atoms with Gasteiger partial charge in [0.05, 0.1) is 31.7 Å². The Labute approximate surface area is 303 Å². The van der Waals surface area contributed by atoms with E-state index in [0.717, 1.165) is 70.4 Å². The Kier molecular flexibility index (Phi) is 9.42. The number of halogens is 2. The van der Waals surface area contributed by atoms with Gasteiger partial charge in [-0.05, 0) is 84.1 Å². The number of nitrogens with zero attached hydrogens (tertiary/aromatic N) is 2. The smallest absolute Gasteiger partial charge is 0.315 e. The maximum Gasteiger partial charge on any atom is 0.315 e. The summed E-state index contributed by atoms with van der Waals surface area (Å²) in [6, 6.07) is 24.3. The molecule has 4 aliphatic carbocycles. The molecule has 1 aliphatic heterocycles. The van der Waals surface area contributed by atoms with Crippen molar-refractivity contribution < 1.29 is 19.4 Å². The van der Waals surface area contributed by atoms with E-state index >= 15 is 0 Å². The van der Waals surface area contributed by atoms with Gasteiger partial charge in [-0.25, -0.2) is 9.78 Å². The largest absolute Gasteiger partial charge is 0.392 e. The minimum absolute atomic E-state index is 0.0177. The fourth-order valence-electron chi connectivity index (χ4n) is 9.49. The number of nitrogens with one attached hydrogen (secondary N) is 2. The van der Waals surface area contributed by atoms with Gasteiger partial charge in [-0.2, -0.15) is 0 Å². The van der Waals surface area contributed by atoms with Crippen molar-refractivity contribution in [3.8, 4) is 11.1 Å². The minimum atomic E-state index is -0.629. The van der Waals surface area contributed by atoms with E-state index in [1.807, 2.05) is 48.5 Å². The van der Waals surface area contributed by atoms with Crippen molar-refractivity contribution in [1.82, 2.24) is 20.2 Å². The first-order chi connectivity index (χ1) is 24.3. The molecular weight excluding hydrogens is 671 g/mol. The summed E-state index contributed by atoms with van der Waals surface area (Å²) in [5, 5.41) is 16.8. The second kappa shape index (κ2) is 14.0. The average Bonchev–Trinajstić information content (AvgIpc) is 3.43. The van der Waals surface area contributed by atoms with Crippen LogP contribution in [0.4, 0.5) is 4.79 Å². The van der Waals surface area contributed by atoms with Crippen LogP contribution in [0.2, 0.25) is 10.3 Å². The van der Waals surface area contributed by atoms with Crippen molar-refractivity contribution in [2.24, 2.45) is 23.7 Å². The molecular formula is C40H44Cl2N4O4. The summed E-state index contributed by atoms with van der Waals surface area (Å²) in [6.45, 7) is 2.99. The number of imidazole rings is 1. The summed E-state index contributed by atoms with van der Waals surface area (Å²) in [4.78, 5) is 17.4. The van der Waals surface area contributed by atoms with Gasteiger partial charge in [0.1, 0.15) is 5.15 Å². The van der Waals surface area contributed by atoms with Gasteiger partial charge in [0, 0.05) is 23.6 Å². The van der Waals surface area contributed by atoms with Crippen LogP contribution in [0.1, 0.15) is 80.1 Å². The van der Waals surface area contributed by atoms with Gasteiger partial charge in [0.25, 0.3) is 0 Å². The van der Waals surface area contributed by atoms with Crippen LogP contribution < -0.4 is 10.6 Å². The lowest BCUT2D eigenvalue weighted by Gasteiger charge is -2.56. The summed E-state index contributed by atoms with van der Waals surface area (Å²) in [5.41, 5.74) is 5.90. The molecule has 0 radical (unpaired) electrons. The Balaban J connectivity index is 0.979. The zero-order valence-electron chi connectivity index (χ0n) is 28.2. The number of benzene rings is 3. The van der Waals surface area contributed by atoms with E-state index in [1.54, 1.807) is 10.9 Å². The van der Waals surface area contributed by atoms with E-state index < -0.39 is 6.29 Å². The molecule has 10 heteroatoms. The van der Waals surface area contributed by atoms with Crippen molar-refractivity contribution in [3.05, 3.63) is 112 Å². The fraction of sp³-hybridized carbons (Fsp3) is 0.450. The van der Waals surface area contributed by atoms with Crippen molar-refractivity contribution in [1.29, 1.82) is 0 Å². The first-order valence-electron chi connectivity index (χ1n) is 17.9. The predicted octanol–water partition coefficient (Wildman–Crippen LogP) is 8.61. The molecule has 2 amide bonds. The summed E-state index contributed by atoms with van der Waals surface area (Å²) in [6.07, 6.45) is 7.92. The number of aliphatic hydroxyl groups excluding tert-OH is 1. The Hall–Kier alpha value is -3.40. The number of urea groups is 1. The third-order valence-electron chi connectivity index (χ3n) is 11.6. The highest BCUT2D eigenvalue weighted by Crippen LogP contribution is 2.55. The number of aromatic nitrogens is 2. The third kappa shape index (κ3) is 6.81. The highest BCUT2D eigenvalue weighted by Gasteiger charge is 2.51. The molecule has 2 heterocycles. The Bertz CT molecular complexity index is 1790. The molecule has 4 saturated carbocycles. The topological polar surface area (TPSA) is 97.6 Å². The maximum absolute atomic E-state index is 13.2. The standard InChI is InChI=1S/C40H44Cl2N4O4/c1-24-34(21-46-23-44-36(41)37(46)42)49-38(50-35(24)30-8-6-25(22-47)7-9-30)31-12-10-29(11-13-31)33-5-3-2-4-32(33)20-43-39(48)45-40-17-26-14-27(18-40)16-28(15-26)19-40/h2-13,23-24,26-28,34-35,38,47H,14-22H2,1H3,(H2,43,45,48)/t24-,26?,27?,28?,34+,35+,38+,40?/m1/s1. The number of hydrogen-bond donors (Lipinski definition) is 3. The van der Waals surface area contributed by atoms with Crippen LogP contribution >= 0.6 is 23.2 Å². The number of amides is 2. The molecule has 1 saturated heterocycles. The van der Waals surface area contributed by atoms with Crippen LogP contribution in [0.15, 0.2) is 79.1 Å². The quantitative estimate of drug-likeness (QED) is 0.161. The summed E-state index contributed by atoms with van der Waals surface area (Å²) >= 11 is 12.6. The van der Waals surface area contributed by atoms with E-state index in [4.69, 9.17) is 32.7 Å². The SMILES string of the molecule is C[C@@H]1[C@H](Cn2cnc(Cl)c2Cl)O[C@H](c2ccc(-c3ccccc3CNC(=O)NC34CC5CC(CC(C5)C3)C4)cc2)O[C@@H]1c1ccc(CO)cc1. The van der Waals surface area contributed by atoms with E-state index in [9.17, 15) is 9.90 Å². The van der Waals surface area contributed by atoms with Crippen LogP contribution in [0.5, 0.6) is 0 Å². The zero-order chi connectivity index (χ0) is 34.4. The second-order valence-electron chi connectivity index (χ2n) is 15.1. The monoisotopic (exact) mass is 714 g/mol.